The van der Waals surface area contributed by atoms with Gasteiger partial charge in [0.1, 0.15) is 5.75 Å². The summed E-state index contributed by atoms with van der Waals surface area (Å²) in [6.45, 7) is 29.7. The number of aryl methyl sites for hydroxylation is 2. The minimum atomic E-state index is -1.86. The fraction of sp³-hybridized carbons (Fsp3) is 0.571. The zero-order valence-corrected chi connectivity index (χ0v) is 35.9. The van der Waals surface area contributed by atoms with Gasteiger partial charge in [-0.05, 0) is 123 Å². The van der Waals surface area contributed by atoms with Gasteiger partial charge < -0.3 is 13.6 Å². The molecule has 3 rings (SSSR count). The van der Waals surface area contributed by atoms with Crippen molar-refractivity contribution in [3.8, 4) is 28.0 Å². The lowest BCUT2D eigenvalue weighted by Crippen LogP contribution is -2.44. The molecule has 48 heavy (non-hydrogen) atoms. The molecule has 0 saturated heterocycles. The monoisotopic (exact) mass is 752 g/mol. The van der Waals surface area contributed by atoms with Crippen molar-refractivity contribution in [1.29, 1.82) is 0 Å². The smallest absolute Gasteiger partial charge is 0.191 e. The quantitative estimate of drug-likeness (QED) is 0.101. The van der Waals surface area contributed by atoms with Gasteiger partial charge in [0.2, 0.25) is 0 Å². The lowest BCUT2D eigenvalue weighted by Gasteiger charge is -2.39. The van der Waals surface area contributed by atoms with E-state index in [1.807, 2.05) is 0 Å². The Hall–Kier alpha value is -1.71. The van der Waals surface area contributed by atoms with Crippen LogP contribution in [0.4, 0.5) is 0 Å². The van der Waals surface area contributed by atoms with Gasteiger partial charge in [-0.2, -0.15) is 0 Å². The zero-order valence-electron chi connectivity index (χ0n) is 32.3. The zero-order chi connectivity index (χ0) is 35.8. The van der Waals surface area contributed by atoms with Crippen molar-refractivity contribution in [3.05, 3.63) is 76.3 Å². The number of hydrogen-bond acceptors (Lipinski definition) is 3. The van der Waals surface area contributed by atoms with Crippen molar-refractivity contribution in [3.63, 3.8) is 0 Å². The standard InChI is InChI=1S/C42H65BrO3Si2/c1-13-15-16-17-32-18-20-35(21-19-32)36-22-24-38(34(14-2)28-36)37-23-25-40(39(43)29-37)44-27-26-33(30-45-47(9,10)41(3,4)5)31-46-48(11,12)42(6,7)8/h18-25,28-29,33H,13-17,26-27,30-31H2,1-12H3. The molecular weight excluding hydrogens is 689 g/mol. The van der Waals surface area contributed by atoms with E-state index in [1.165, 1.54) is 59.1 Å². The second-order valence-electron chi connectivity index (χ2n) is 16.7. The highest BCUT2D eigenvalue weighted by Crippen LogP contribution is 2.39. The molecule has 3 aromatic rings. The van der Waals surface area contributed by atoms with E-state index in [0.717, 1.165) is 23.1 Å². The average Bonchev–Trinajstić information content (AvgIpc) is 3.02. The number of benzene rings is 3. The Morgan fingerprint density at radius 3 is 1.77 bits per heavy atom. The second-order valence-corrected chi connectivity index (χ2v) is 27.1. The summed E-state index contributed by atoms with van der Waals surface area (Å²) in [5.74, 6) is 1.16. The third-order valence-corrected chi connectivity index (χ3v) is 20.5. The van der Waals surface area contributed by atoms with E-state index >= 15 is 0 Å². The van der Waals surface area contributed by atoms with Crippen LogP contribution in [0.2, 0.25) is 36.3 Å². The number of rotatable bonds is 17. The molecule has 0 aliphatic rings. The summed E-state index contributed by atoms with van der Waals surface area (Å²) in [5.41, 5.74) is 7.82. The SMILES string of the molecule is CCCCCc1ccc(-c2ccc(-c3ccc(OCCC(CO[Si](C)(C)C(C)(C)C)CO[Si](C)(C)C(C)(C)C)c(Br)c3)c(CC)c2)cc1. The van der Waals surface area contributed by atoms with E-state index in [0.29, 0.717) is 19.8 Å². The highest BCUT2D eigenvalue weighted by Gasteiger charge is 2.39. The van der Waals surface area contributed by atoms with Gasteiger partial charge in [-0.3, -0.25) is 0 Å². The van der Waals surface area contributed by atoms with Gasteiger partial charge in [0.25, 0.3) is 0 Å². The first kappa shape index (κ1) is 40.7. The van der Waals surface area contributed by atoms with E-state index in [9.17, 15) is 0 Å². The molecule has 0 heterocycles. The number of halogens is 1. The van der Waals surface area contributed by atoms with Crippen LogP contribution in [-0.4, -0.2) is 36.5 Å². The lowest BCUT2D eigenvalue weighted by molar-refractivity contribution is 0.135. The normalized spacial score (nSPS) is 13.0. The number of ether oxygens (including phenoxy) is 1. The minimum Gasteiger partial charge on any atom is -0.492 e. The van der Waals surface area contributed by atoms with Crippen LogP contribution < -0.4 is 4.74 Å². The highest BCUT2D eigenvalue weighted by molar-refractivity contribution is 9.10. The molecule has 0 bridgehead atoms. The molecule has 0 aliphatic heterocycles. The molecule has 0 fully saturated rings. The Kier molecular flexibility index (Phi) is 14.8. The average molecular weight is 754 g/mol. The molecule has 0 saturated carbocycles. The van der Waals surface area contributed by atoms with E-state index < -0.39 is 16.6 Å². The van der Waals surface area contributed by atoms with Gasteiger partial charge in [-0.15, -0.1) is 0 Å². The summed E-state index contributed by atoms with van der Waals surface area (Å²) >= 11 is 3.83. The van der Waals surface area contributed by atoms with Gasteiger partial charge in [0.05, 0.1) is 11.1 Å². The summed E-state index contributed by atoms with van der Waals surface area (Å²) in [4.78, 5) is 0. The third-order valence-electron chi connectivity index (χ3n) is 10.8. The maximum Gasteiger partial charge on any atom is 0.191 e. The molecule has 0 aromatic heterocycles. The van der Waals surface area contributed by atoms with Crippen LogP contribution in [0, 0.1) is 5.92 Å². The maximum absolute atomic E-state index is 6.69. The lowest BCUT2D eigenvalue weighted by atomic mass is 9.93. The maximum atomic E-state index is 6.69. The summed E-state index contributed by atoms with van der Waals surface area (Å²) in [7, 11) is -3.72. The van der Waals surface area contributed by atoms with Crippen LogP contribution in [0.1, 0.15) is 92.2 Å². The Morgan fingerprint density at radius 1 is 0.688 bits per heavy atom. The Labute approximate surface area is 305 Å². The van der Waals surface area contributed by atoms with E-state index in [4.69, 9.17) is 13.6 Å². The van der Waals surface area contributed by atoms with Crippen molar-refractivity contribution < 1.29 is 13.6 Å². The minimum absolute atomic E-state index is 0.179. The first-order valence-corrected chi connectivity index (χ1v) is 24.9. The summed E-state index contributed by atoms with van der Waals surface area (Å²) in [6, 6.07) is 22.6. The predicted molar refractivity (Wildman–Crippen MR) is 218 cm³/mol. The molecule has 6 heteroatoms. The van der Waals surface area contributed by atoms with Gasteiger partial charge in [-0.25, -0.2) is 0 Å². The van der Waals surface area contributed by atoms with Gasteiger partial charge in [0, 0.05) is 19.1 Å². The van der Waals surface area contributed by atoms with Crippen LogP contribution in [0.15, 0.2) is 65.1 Å². The Bertz CT molecular complexity index is 1400. The van der Waals surface area contributed by atoms with E-state index in [2.05, 4.69) is 158 Å². The molecule has 0 amide bonds. The van der Waals surface area contributed by atoms with Crippen molar-refractivity contribution in [2.75, 3.05) is 19.8 Å². The molecule has 3 aromatic carbocycles. The fourth-order valence-corrected chi connectivity index (χ4v) is 7.88. The van der Waals surface area contributed by atoms with Crippen molar-refractivity contribution >= 4 is 32.6 Å². The highest BCUT2D eigenvalue weighted by atomic mass is 79.9. The third kappa shape index (κ3) is 11.4. The number of hydrogen-bond donors (Lipinski definition) is 0. The van der Waals surface area contributed by atoms with Crippen molar-refractivity contribution in [1.82, 2.24) is 0 Å². The molecule has 0 aliphatic carbocycles. The summed E-state index contributed by atoms with van der Waals surface area (Å²) < 4.78 is 20.8. The first-order chi connectivity index (χ1) is 22.4. The van der Waals surface area contributed by atoms with Crippen LogP contribution in [0.5, 0.6) is 5.75 Å². The molecule has 266 valence electrons. The topological polar surface area (TPSA) is 27.7 Å². The summed E-state index contributed by atoms with van der Waals surface area (Å²) in [5, 5.41) is 0.357. The first-order valence-electron chi connectivity index (χ1n) is 18.3. The molecular formula is C42H65BrO3Si2. The number of unbranched alkanes of at least 4 members (excludes halogenated alkanes) is 2. The van der Waals surface area contributed by atoms with E-state index in [1.54, 1.807) is 0 Å². The fourth-order valence-electron chi connectivity index (χ4n) is 5.21. The predicted octanol–water partition coefficient (Wildman–Crippen LogP) is 13.5. The van der Waals surface area contributed by atoms with Crippen LogP contribution in [0.3, 0.4) is 0 Å². The van der Waals surface area contributed by atoms with Crippen LogP contribution >= 0.6 is 15.9 Å². The summed E-state index contributed by atoms with van der Waals surface area (Å²) in [6.07, 6.45) is 6.86. The van der Waals surface area contributed by atoms with Gasteiger partial charge in [-0.1, -0.05) is 117 Å². The van der Waals surface area contributed by atoms with E-state index in [-0.39, 0.29) is 16.0 Å². The van der Waals surface area contributed by atoms with Crippen LogP contribution in [-0.2, 0) is 21.7 Å². The van der Waals surface area contributed by atoms with Gasteiger partial charge in [0.15, 0.2) is 16.6 Å². The largest absolute Gasteiger partial charge is 0.492 e. The molecule has 0 atom stereocenters. The van der Waals surface area contributed by atoms with Crippen molar-refractivity contribution in [2.45, 2.75) is 130 Å². The molecule has 0 spiro atoms. The Balaban J connectivity index is 1.69. The molecule has 0 unspecified atom stereocenters. The molecule has 0 radical (unpaired) electrons. The van der Waals surface area contributed by atoms with Gasteiger partial charge >= 0.3 is 0 Å². The molecule has 3 nitrogen and oxygen atoms in total. The molecule has 0 N–H and O–H groups in total. The second kappa shape index (κ2) is 17.5. The van der Waals surface area contributed by atoms with Crippen molar-refractivity contribution in [2.24, 2.45) is 5.92 Å². The van der Waals surface area contributed by atoms with Crippen LogP contribution in [0.25, 0.3) is 22.3 Å². The Morgan fingerprint density at radius 2 is 1.25 bits per heavy atom.